The molecule has 1 saturated heterocycles. The molecule has 0 bridgehead atoms. The molecule has 56 valence electrons. The third-order valence-corrected chi connectivity index (χ3v) is 2.72. The van der Waals surface area contributed by atoms with Gasteiger partial charge in [0.15, 0.2) is 4.51 Å². The molecule has 2 rings (SSSR count). The van der Waals surface area contributed by atoms with E-state index in [-0.39, 0.29) is 6.10 Å². The molecule has 1 aliphatic carbocycles. The van der Waals surface area contributed by atoms with Crippen LogP contribution >= 0.6 is 15.9 Å². The Morgan fingerprint density at radius 2 is 2.20 bits per heavy atom. The van der Waals surface area contributed by atoms with Crippen molar-refractivity contribution >= 4 is 15.9 Å². The van der Waals surface area contributed by atoms with Crippen LogP contribution < -0.4 is 0 Å². The summed E-state index contributed by atoms with van der Waals surface area (Å²) in [6, 6.07) is 0. The SMILES string of the molecule is O[C@@H]1C=C[C@@]2(Br)OC2[C@H]1O. The molecule has 4 heteroatoms. The highest BCUT2D eigenvalue weighted by molar-refractivity contribution is 9.10. The number of rotatable bonds is 0. The molecular weight excluding hydrogens is 200 g/mol. The summed E-state index contributed by atoms with van der Waals surface area (Å²) in [6.45, 7) is 0. The summed E-state index contributed by atoms with van der Waals surface area (Å²) in [7, 11) is 0. The Hall–Kier alpha value is 0.1000. The molecule has 0 aromatic rings. The van der Waals surface area contributed by atoms with Gasteiger partial charge in [0.25, 0.3) is 0 Å². The molecule has 1 fully saturated rings. The van der Waals surface area contributed by atoms with Crippen LogP contribution in [0.25, 0.3) is 0 Å². The van der Waals surface area contributed by atoms with E-state index in [4.69, 9.17) is 9.84 Å². The van der Waals surface area contributed by atoms with Crippen LogP contribution in [0.3, 0.4) is 0 Å². The zero-order valence-electron chi connectivity index (χ0n) is 5.07. The Kier molecular flexibility index (Phi) is 1.24. The molecule has 1 aliphatic heterocycles. The minimum absolute atomic E-state index is 0.271. The second-order valence-electron chi connectivity index (χ2n) is 2.58. The number of halogens is 1. The van der Waals surface area contributed by atoms with Crippen molar-refractivity contribution in [2.45, 2.75) is 22.8 Å². The molecule has 0 spiro atoms. The minimum Gasteiger partial charge on any atom is -0.387 e. The number of hydrogen-bond donors (Lipinski definition) is 2. The van der Waals surface area contributed by atoms with Gasteiger partial charge in [-0.15, -0.1) is 0 Å². The maximum absolute atomic E-state index is 9.20. The van der Waals surface area contributed by atoms with Crippen LogP contribution in [0.5, 0.6) is 0 Å². The summed E-state index contributed by atoms with van der Waals surface area (Å²) in [6.07, 6.45) is 1.41. The van der Waals surface area contributed by atoms with Gasteiger partial charge in [-0.25, -0.2) is 0 Å². The normalized spacial score (nSPS) is 58.1. The number of hydrogen-bond acceptors (Lipinski definition) is 3. The largest absolute Gasteiger partial charge is 0.387 e. The fraction of sp³-hybridized carbons (Fsp3) is 0.667. The van der Waals surface area contributed by atoms with Gasteiger partial charge in [-0.2, -0.15) is 0 Å². The fourth-order valence-electron chi connectivity index (χ4n) is 1.12. The number of aliphatic hydroxyl groups is 2. The molecule has 10 heavy (non-hydrogen) atoms. The van der Waals surface area contributed by atoms with E-state index in [0.29, 0.717) is 0 Å². The monoisotopic (exact) mass is 206 g/mol. The highest BCUT2D eigenvalue weighted by atomic mass is 79.9. The first-order valence-corrected chi connectivity index (χ1v) is 3.85. The number of fused-ring (bicyclic) bond motifs is 1. The van der Waals surface area contributed by atoms with E-state index >= 15 is 0 Å². The minimum atomic E-state index is -0.788. The Morgan fingerprint density at radius 1 is 1.50 bits per heavy atom. The number of aliphatic hydroxyl groups excluding tert-OH is 2. The summed E-state index contributed by atoms with van der Waals surface area (Å²) in [5, 5.41) is 18.2. The zero-order chi connectivity index (χ0) is 7.35. The van der Waals surface area contributed by atoms with Crippen LogP contribution in [0, 0.1) is 0 Å². The van der Waals surface area contributed by atoms with Crippen molar-refractivity contribution < 1.29 is 14.9 Å². The Morgan fingerprint density at radius 3 is 2.80 bits per heavy atom. The molecule has 1 heterocycles. The lowest BCUT2D eigenvalue weighted by atomic mass is 10.0. The van der Waals surface area contributed by atoms with Crippen LogP contribution in [-0.2, 0) is 4.74 Å². The number of epoxide rings is 1. The summed E-state index contributed by atoms with van der Waals surface area (Å²) in [4.78, 5) is 0. The standard InChI is InChI=1S/C6H7BrO3/c7-6-2-1-3(8)4(9)5(6)10-6/h1-5,8-9H/t3-,4+,5?,6-/m1/s1. The first kappa shape index (κ1) is 6.79. The van der Waals surface area contributed by atoms with Crippen LogP contribution in [-0.4, -0.2) is 33.0 Å². The lowest BCUT2D eigenvalue weighted by molar-refractivity contribution is 0.0287. The van der Waals surface area contributed by atoms with Gasteiger partial charge in [-0.3, -0.25) is 0 Å². The number of alkyl halides is 1. The van der Waals surface area contributed by atoms with Crippen molar-refractivity contribution in [3.8, 4) is 0 Å². The van der Waals surface area contributed by atoms with E-state index in [1.807, 2.05) is 0 Å². The van der Waals surface area contributed by atoms with Gasteiger partial charge in [0.1, 0.15) is 18.3 Å². The topological polar surface area (TPSA) is 53.0 Å². The molecule has 0 amide bonds. The molecule has 2 aliphatic rings. The van der Waals surface area contributed by atoms with Crippen LogP contribution in [0.4, 0.5) is 0 Å². The average molecular weight is 207 g/mol. The third-order valence-electron chi connectivity index (χ3n) is 1.82. The van der Waals surface area contributed by atoms with E-state index < -0.39 is 16.7 Å². The van der Waals surface area contributed by atoms with Crippen molar-refractivity contribution in [3.63, 3.8) is 0 Å². The summed E-state index contributed by atoms with van der Waals surface area (Å²) >= 11 is 3.25. The highest BCUT2D eigenvalue weighted by Gasteiger charge is 2.60. The molecule has 3 nitrogen and oxygen atoms in total. The molecular formula is C6H7BrO3. The molecule has 0 radical (unpaired) electrons. The van der Waals surface area contributed by atoms with Gasteiger partial charge in [-0.1, -0.05) is 6.08 Å². The van der Waals surface area contributed by atoms with Crippen molar-refractivity contribution in [2.24, 2.45) is 0 Å². The molecule has 4 atom stereocenters. The molecule has 0 saturated carbocycles. The summed E-state index contributed by atoms with van der Waals surface area (Å²) in [5.74, 6) is 0. The number of ether oxygens (including phenoxy) is 1. The quantitative estimate of drug-likeness (QED) is 0.327. The predicted octanol–water partition coefficient (Wildman–Crippen LogP) is -0.232. The molecule has 0 aromatic heterocycles. The molecule has 0 aromatic carbocycles. The van der Waals surface area contributed by atoms with Crippen molar-refractivity contribution in [3.05, 3.63) is 12.2 Å². The van der Waals surface area contributed by atoms with Crippen LogP contribution in [0.1, 0.15) is 0 Å². The second-order valence-corrected chi connectivity index (χ2v) is 3.82. The van der Waals surface area contributed by atoms with E-state index in [1.165, 1.54) is 6.08 Å². The average Bonchev–Trinajstić information content (AvgIpc) is 2.56. The van der Waals surface area contributed by atoms with Gasteiger partial charge in [0.2, 0.25) is 0 Å². The van der Waals surface area contributed by atoms with Gasteiger partial charge >= 0.3 is 0 Å². The Balaban J connectivity index is 2.23. The van der Waals surface area contributed by atoms with Crippen LogP contribution in [0.2, 0.25) is 0 Å². The second kappa shape index (κ2) is 1.82. The summed E-state index contributed by atoms with van der Waals surface area (Å²) < 4.78 is 4.59. The molecule has 2 N–H and O–H groups in total. The lowest BCUT2D eigenvalue weighted by Gasteiger charge is -2.16. The lowest BCUT2D eigenvalue weighted by Crippen LogP contribution is -2.34. The maximum atomic E-state index is 9.20. The molecule has 1 unspecified atom stereocenters. The first-order valence-electron chi connectivity index (χ1n) is 3.06. The maximum Gasteiger partial charge on any atom is 0.170 e. The van der Waals surface area contributed by atoms with E-state index in [9.17, 15) is 5.11 Å². The Labute approximate surface area is 66.4 Å². The Bertz CT molecular complexity index is 193. The zero-order valence-corrected chi connectivity index (χ0v) is 6.65. The smallest absolute Gasteiger partial charge is 0.170 e. The fourth-order valence-corrected chi connectivity index (χ4v) is 1.74. The van der Waals surface area contributed by atoms with Gasteiger partial charge < -0.3 is 14.9 Å². The van der Waals surface area contributed by atoms with E-state index in [1.54, 1.807) is 6.08 Å². The summed E-state index contributed by atoms with van der Waals surface area (Å²) in [5.41, 5.74) is 0. The van der Waals surface area contributed by atoms with E-state index in [2.05, 4.69) is 15.9 Å². The van der Waals surface area contributed by atoms with Gasteiger partial charge in [0, 0.05) is 0 Å². The third kappa shape index (κ3) is 0.765. The van der Waals surface area contributed by atoms with E-state index in [0.717, 1.165) is 0 Å². The first-order chi connectivity index (χ1) is 4.63. The van der Waals surface area contributed by atoms with Crippen molar-refractivity contribution in [1.82, 2.24) is 0 Å². The van der Waals surface area contributed by atoms with Crippen molar-refractivity contribution in [2.75, 3.05) is 0 Å². The van der Waals surface area contributed by atoms with Gasteiger partial charge in [0.05, 0.1) is 0 Å². The van der Waals surface area contributed by atoms with Crippen molar-refractivity contribution in [1.29, 1.82) is 0 Å². The predicted molar refractivity (Wildman–Crippen MR) is 37.7 cm³/mol. The highest BCUT2D eigenvalue weighted by Crippen LogP contribution is 2.48. The van der Waals surface area contributed by atoms with Crippen LogP contribution in [0.15, 0.2) is 12.2 Å². The van der Waals surface area contributed by atoms with Gasteiger partial charge in [-0.05, 0) is 22.0 Å².